The molecule has 0 bridgehead atoms. The van der Waals surface area contributed by atoms with Crippen LogP contribution in [0.2, 0.25) is 0 Å². The highest BCUT2D eigenvalue weighted by Gasteiger charge is 2.01. The number of hydrogen-bond acceptors (Lipinski definition) is 2. The Labute approximate surface area is 131 Å². The second kappa shape index (κ2) is 8.63. The molecule has 2 aromatic rings. The highest BCUT2D eigenvalue weighted by atomic mass is 16.5. The molecule has 22 heavy (non-hydrogen) atoms. The Bertz CT molecular complexity index is 637. The fourth-order valence-corrected chi connectivity index (χ4v) is 1.97. The lowest BCUT2D eigenvalue weighted by molar-refractivity contribution is -0.128. The average Bonchev–Trinajstić information content (AvgIpc) is 2.56. The summed E-state index contributed by atoms with van der Waals surface area (Å²) in [7, 11) is 0. The van der Waals surface area contributed by atoms with Crippen LogP contribution in [0.5, 0.6) is 5.75 Å². The van der Waals surface area contributed by atoms with E-state index in [4.69, 9.17) is 4.74 Å². The van der Waals surface area contributed by atoms with Crippen LogP contribution in [0, 0.1) is 0 Å². The monoisotopic (exact) mass is 292 g/mol. The number of unbranched alkanes of at least 4 members (excludes halogenated alkanes) is 1. The van der Waals surface area contributed by atoms with Gasteiger partial charge in [-0.05, 0) is 29.7 Å². The van der Waals surface area contributed by atoms with Crippen molar-refractivity contribution in [2.45, 2.75) is 19.8 Å². The molecule has 0 saturated heterocycles. The number of allylic oxidation sites excluding steroid dienone is 3. The van der Waals surface area contributed by atoms with Gasteiger partial charge in [-0.15, -0.1) is 0 Å². The first kappa shape index (κ1) is 15.8. The molecule has 0 aliphatic rings. The summed E-state index contributed by atoms with van der Waals surface area (Å²) in [4.78, 5) is 11.7. The number of rotatable bonds is 6. The molecule has 0 saturated carbocycles. The summed E-state index contributed by atoms with van der Waals surface area (Å²) in [5.74, 6) is 0.181. The van der Waals surface area contributed by atoms with Crippen molar-refractivity contribution in [3.8, 4) is 16.9 Å². The molecular formula is C20H20O2. The van der Waals surface area contributed by atoms with Crippen molar-refractivity contribution in [3.63, 3.8) is 0 Å². The third kappa shape index (κ3) is 5.06. The predicted octanol–water partition coefficient (Wildman–Crippen LogP) is 5.17. The van der Waals surface area contributed by atoms with Crippen molar-refractivity contribution < 1.29 is 9.53 Å². The Kier molecular flexibility index (Phi) is 6.18. The normalized spacial score (nSPS) is 11.1. The van der Waals surface area contributed by atoms with E-state index in [1.54, 1.807) is 18.2 Å². The summed E-state index contributed by atoms with van der Waals surface area (Å²) >= 11 is 0. The van der Waals surface area contributed by atoms with Gasteiger partial charge in [0.25, 0.3) is 0 Å². The van der Waals surface area contributed by atoms with Crippen molar-refractivity contribution in [2.75, 3.05) is 0 Å². The standard InChI is InChI=1S/C20H20O2/c1-2-3-4-5-9-12-20(21)22-19-15-13-18(14-16-19)17-10-7-6-8-11-17/h4-16H,2-3H2,1H3. The van der Waals surface area contributed by atoms with Crippen LogP contribution in [0.1, 0.15) is 19.8 Å². The SMILES string of the molecule is CCCC=CC=CC(=O)Oc1ccc(-c2ccccc2)cc1. The van der Waals surface area contributed by atoms with E-state index in [1.165, 1.54) is 6.08 Å². The molecular weight excluding hydrogens is 272 g/mol. The Balaban J connectivity index is 1.92. The van der Waals surface area contributed by atoms with E-state index in [-0.39, 0.29) is 5.97 Å². The molecule has 2 rings (SSSR count). The first-order valence-electron chi connectivity index (χ1n) is 7.50. The topological polar surface area (TPSA) is 26.3 Å². The van der Waals surface area contributed by atoms with Crippen molar-refractivity contribution in [1.82, 2.24) is 0 Å². The Morgan fingerprint density at radius 1 is 0.955 bits per heavy atom. The maximum Gasteiger partial charge on any atom is 0.336 e. The summed E-state index contributed by atoms with van der Waals surface area (Å²) in [6, 6.07) is 17.6. The second-order valence-electron chi connectivity index (χ2n) is 4.89. The molecule has 0 aliphatic carbocycles. The average molecular weight is 292 g/mol. The van der Waals surface area contributed by atoms with Gasteiger partial charge in [0.1, 0.15) is 5.75 Å². The van der Waals surface area contributed by atoms with Crippen LogP contribution >= 0.6 is 0 Å². The zero-order valence-electron chi connectivity index (χ0n) is 12.7. The summed E-state index contributed by atoms with van der Waals surface area (Å²) < 4.78 is 5.25. The molecule has 0 aliphatic heterocycles. The molecule has 0 radical (unpaired) electrons. The number of hydrogen-bond donors (Lipinski definition) is 0. The molecule has 2 heteroatoms. The maximum atomic E-state index is 11.7. The molecule has 0 aromatic heterocycles. The lowest BCUT2D eigenvalue weighted by Crippen LogP contribution is -2.03. The number of carbonyl (C=O) groups is 1. The highest BCUT2D eigenvalue weighted by Crippen LogP contribution is 2.22. The summed E-state index contributed by atoms with van der Waals surface area (Å²) in [5, 5.41) is 0. The van der Waals surface area contributed by atoms with E-state index in [1.807, 2.05) is 54.6 Å². The van der Waals surface area contributed by atoms with Gasteiger partial charge in [-0.1, -0.05) is 74.0 Å². The number of benzene rings is 2. The van der Waals surface area contributed by atoms with Crippen LogP contribution in [-0.2, 0) is 4.79 Å². The molecule has 0 fully saturated rings. The molecule has 0 heterocycles. The first-order chi connectivity index (χ1) is 10.8. The lowest BCUT2D eigenvalue weighted by atomic mass is 10.1. The third-order valence-electron chi connectivity index (χ3n) is 3.11. The Morgan fingerprint density at radius 2 is 1.64 bits per heavy atom. The molecule has 112 valence electrons. The molecule has 0 atom stereocenters. The third-order valence-corrected chi connectivity index (χ3v) is 3.11. The number of ether oxygens (including phenoxy) is 1. The molecule has 0 unspecified atom stereocenters. The van der Waals surface area contributed by atoms with Gasteiger partial charge in [-0.25, -0.2) is 4.79 Å². The smallest absolute Gasteiger partial charge is 0.336 e. The minimum atomic E-state index is -0.367. The fraction of sp³-hybridized carbons (Fsp3) is 0.150. The van der Waals surface area contributed by atoms with E-state index >= 15 is 0 Å². The van der Waals surface area contributed by atoms with Gasteiger partial charge in [-0.3, -0.25) is 0 Å². The van der Waals surface area contributed by atoms with E-state index in [2.05, 4.69) is 6.92 Å². The van der Waals surface area contributed by atoms with Gasteiger partial charge >= 0.3 is 5.97 Å². The maximum absolute atomic E-state index is 11.7. The zero-order chi connectivity index (χ0) is 15.6. The van der Waals surface area contributed by atoms with Crippen molar-refractivity contribution >= 4 is 5.97 Å². The predicted molar refractivity (Wildman–Crippen MR) is 90.7 cm³/mol. The second-order valence-corrected chi connectivity index (χ2v) is 4.89. The fourth-order valence-electron chi connectivity index (χ4n) is 1.97. The quantitative estimate of drug-likeness (QED) is 0.318. The van der Waals surface area contributed by atoms with Crippen LogP contribution < -0.4 is 4.74 Å². The molecule has 2 aromatic carbocycles. The van der Waals surface area contributed by atoms with Gasteiger partial charge < -0.3 is 4.74 Å². The van der Waals surface area contributed by atoms with Gasteiger partial charge in [0.2, 0.25) is 0 Å². The van der Waals surface area contributed by atoms with E-state index < -0.39 is 0 Å². The minimum Gasteiger partial charge on any atom is -0.423 e. The lowest BCUT2D eigenvalue weighted by Gasteiger charge is -2.04. The number of carbonyl (C=O) groups excluding carboxylic acids is 1. The zero-order valence-corrected chi connectivity index (χ0v) is 12.7. The highest BCUT2D eigenvalue weighted by molar-refractivity contribution is 5.84. The summed E-state index contributed by atoms with van der Waals surface area (Å²) in [6.07, 6.45) is 9.14. The van der Waals surface area contributed by atoms with E-state index in [9.17, 15) is 4.79 Å². The molecule has 2 nitrogen and oxygen atoms in total. The van der Waals surface area contributed by atoms with Gasteiger partial charge in [0, 0.05) is 6.08 Å². The van der Waals surface area contributed by atoms with Crippen LogP contribution in [0.3, 0.4) is 0 Å². The van der Waals surface area contributed by atoms with Crippen LogP contribution in [-0.4, -0.2) is 5.97 Å². The van der Waals surface area contributed by atoms with Gasteiger partial charge in [0.15, 0.2) is 0 Å². The van der Waals surface area contributed by atoms with Crippen LogP contribution in [0.25, 0.3) is 11.1 Å². The van der Waals surface area contributed by atoms with Gasteiger partial charge in [0.05, 0.1) is 0 Å². The van der Waals surface area contributed by atoms with Crippen molar-refractivity contribution in [3.05, 3.63) is 78.9 Å². The molecule has 0 N–H and O–H groups in total. The van der Waals surface area contributed by atoms with E-state index in [0.717, 1.165) is 24.0 Å². The summed E-state index contributed by atoms with van der Waals surface area (Å²) in [5.41, 5.74) is 2.24. The van der Waals surface area contributed by atoms with Crippen molar-refractivity contribution in [1.29, 1.82) is 0 Å². The molecule has 0 spiro atoms. The van der Waals surface area contributed by atoms with Crippen LogP contribution in [0.4, 0.5) is 0 Å². The largest absolute Gasteiger partial charge is 0.423 e. The molecule has 0 amide bonds. The summed E-state index contributed by atoms with van der Waals surface area (Å²) in [6.45, 7) is 2.11. The first-order valence-corrected chi connectivity index (χ1v) is 7.50. The number of esters is 1. The van der Waals surface area contributed by atoms with Crippen LogP contribution in [0.15, 0.2) is 78.9 Å². The van der Waals surface area contributed by atoms with Gasteiger partial charge in [-0.2, -0.15) is 0 Å². The Morgan fingerprint density at radius 3 is 2.32 bits per heavy atom. The van der Waals surface area contributed by atoms with Crippen molar-refractivity contribution in [2.24, 2.45) is 0 Å². The Hall–Kier alpha value is -2.61. The minimum absolute atomic E-state index is 0.367. The van der Waals surface area contributed by atoms with E-state index in [0.29, 0.717) is 5.75 Å².